The summed E-state index contributed by atoms with van der Waals surface area (Å²) in [6, 6.07) is 18.4. The second-order valence-electron chi connectivity index (χ2n) is 6.64. The summed E-state index contributed by atoms with van der Waals surface area (Å²) in [4.78, 5) is 2.35. The van der Waals surface area contributed by atoms with Gasteiger partial charge in [0.2, 0.25) is 0 Å². The molecule has 0 saturated heterocycles. The summed E-state index contributed by atoms with van der Waals surface area (Å²) in [7, 11) is 0. The van der Waals surface area contributed by atoms with Crippen molar-refractivity contribution in [1.82, 2.24) is 5.32 Å². The Balaban J connectivity index is 1.84. The molecule has 3 heteroatoms. The van der Waals surface area contributed by atoms with Gasteiger partial charge in [-0.3, -0.25) is 0 Å². The topological polar surface area (TPSA) is 35.5 Å². The Bertz CT molecular complexity index is 750. The summed E-state index contributed by atoms with van der Waals surface area (Å²) in [5.41, 5.74) is 4.17. The highest BCUT2D eigenvalue weighted by molar-refractivity contribution is 5.52. The molecule has 1 heterocycles. The number of rotatable bonds is 6. The summed E-state index contributed by atoms with van der Waals surface area (Å²) in [5, 5.41) is 14.0. The Hall–Kier alpha value is -2.52. The minimum Gasteiger partial charge on any atom is -0.384 e. The summed E-state index contributed by atoms with van der Waals surface area (Å²) in [6.07, 6.45) is 6.70. The van der Waals surface area contributed by atoms with Crippen molar-refractivity contribution in [3.8, 4) is 0 Å². The molecule has 25 heavy (non-hydrogen) atoms. The number of hydrogen-bond acceptors (Lipinski definition) is 3. The summed E-state index contributed by atoms with van der Waals surface area (Å²) in [5.74, 6) is 0. The zero-order valence-electron chi connectivity index (χ0n) is 14.9. The summed E-state index contributed by atoms with van der Waals surface area (Å²) >= 11 is 0. The van der Waals surface area contributed by atoms with E-state index in [1.165, 1.54) is 5.70 Å². The lowest BCUT2D eigenvalue weighted by molar-refractivity contribution is 0.220. The van der Waals surface area contributed by atoms with Gasteiger partial charge in [0.1, 0.15) is 6.10 Å². The zero-order chi connectivity index (χ0) is 17.6. The summed E-state index contributed by atoms with van der Waals surface area (Å²) in [6.45, 7) is 5.21. The van der Waals surface area contributed by atoms with Gasteiger partial charge in [-0.1, -0.05) is 54.6 Å². The Labute approximate surface area is 150 Å². The van der Waals surface area contributed by atoms with E-state index < -0.39 is 6.10 Å². The van der Waals surface area contributed by atoms with Crippen molar-refractivity contribution in [3.05, 3.63) is 89.8 Å². The molecule has 0 bridgehead atoms. The Kier molecular flexibility index (Phi) is 5.56. The maximum absolute atomic E-state index is 10.7. The van der Waals surface area contributed by atoms with Gasteiger partial charge >= 0.3 is 0 Å². The molecule has 0 aromatic heterocycles. The third-order valence-electron chi connectivity index (χ3n) is 4.48. The SMILES string of the molecule is CC(C)N(CC1=CCC=CN1)c1cccc(C(O)c2ccccc2)c1. The first-order chi connectivity index (χ1) is 12.1. The number of nitrogens with zero attached hydrogens (tertiary/aromatic N) is 1. The number of aliphatic hydroxyl groups is 1. The molecule has 2 N–H and O–H groups in total. The maximum Gasteiger partial charge on any atom is 0.104 e. The molecule has 1 unspecified atom stereocenters. The lowest BCUT2D eigenvalue weighted by Crippen LogP contribution is -2.35. The van der Waals surface area contributed by atoms with Crippen LogP contribution in [0.5, 0.6) is 0 Å². The largest absolute Gasteiger partial charge is 0.384 e. The van der Waals surface area contributed by atoms with E-state index in [2.05, 4.69) is 48.3 Å². The van der Waals surface area contributed by atoms with Crippen LogP contribution < -0.4 is 10.2 Å². The number of dihydropyridines is 1. The second kappa shape index (κ2) is 8.04. The van der Waals surface area contributed by atoms with Crippen molar-refractivity contribution in [2.75, 3.05) is 11.4 Å². The second-order valence-corrected chi connectivity index (χ2v) is 6.64. The van der Waals surface area contributed by atoms with Crippen LogP contribution in [0.3, 0.4) is 0 Å². The normalized spacial score (nSPS) is 14.8. The molecule has 2 aromatic carbocycles. The van der Waals surface area contributed by atoms with Gasteiger partial charge in [-0.2, -0.15) is 0 Å². The zero-order valence-corrected chi connectivity index (χ0v) is 14.9. The maximum atomic E-state index is 10.7. The third kappa shape index (κ3) is 4.31. The fraction of sp³-hybridized carbons (Fsp3) is 0.273. The highest BCUT2D eigenvalue weighted by Gasteiger charge is 2.16. The van der Waals surface area contributed by atoms with Gasteiger partial charge in [-0.05, 0) is 49.7 Å². The smallest absolute Gasteiger partial charge is 0.104 e. The highest BCUT2D eigenvalue weighted by atomic mass is 16.3. The van der Waals surface area contributed by atoms with Gasteiger partial charge in [0.15, 0.2) is 0 Å². The fourth-order valence-corrected chi connectivity index (χ4v) is 3.07. The molecule has 1 atom stereocenters. The van der Waals surface area contributed by atoms with Gasteiger partial charge in [0.05, 0.1) is 6.54 Å². The van der Waals surface area contributed by atoms with Crippen molar-refractivity contribution in [2.45, 2.75) is 32.4 Å². The van der Waals surface area contributed by atoms with Gasteiger partial charge in [-0.15, -0.1) is 0 Å². The van der Waals surface area contributed by atoms with Gasteiger partial charge in [0.25, 0.3) is 0 Å². The molecule has 0 aliphatic carbocycles. The van der Waals surface area contributed by atoms with Crippen LogP contribution in [0.15, 0.2) is 78.6 Å². The molecule has 130 valence electrons. The quantitative estimate of drug-likeness (QED) is 0.823. The lowest BCUT2D eigenvalue weighted by atomic mass is 10.0. The highest BCUT2D eigenvalue weighted by Crippen LogP contribution is 2.27. The molecule has 0 radical (unpaired) electrons. The predicted molar refractivity (Wildman–Crippen MR) is 104 cm³/mol. The van der Waals surface area contributed by atoms with Crippen LogP contribution in [-0.4, -0.2) is 17.7 Å². The van der Waals surface area contributed by atoms with E-state index in [1.807, 2.05) is 48.7 Å². The predicted octanol–water partition coefficient (Wildman–Crippen LogP) is 4.37. The minimum absolute atomic E-state index is 0.359. The van der Waals surface area contributed by atoms with E-state index >= 15 is 0 Å². The van der Waals surface area contributed by atoms with Crippen molar-refractivity contribution in [2.24, 2.45) is 0 Å². The van der Waals surface area contributed by atoms with Crippen LogP contribution in [0.25, 0.3) is 0 Å². The molecular formula is C22H26N2O. The number of hydrogen-bond donors (Lipinski definition) is 2. The minimum atomic E-state index is -0.606. The van der Waals surface area contributed by atoms with E-state index in [0.717, 1.165) is 29.8 Å². The van der Waals surface area contributed by atoms with E-state index in [-0.39, 0.29) is 0 Å². The fourth-order valence-electron chi connectivity index (χ4n) is 3.07. The standard InChI is InChI=1S/C22H26N2O/c1-17(2)24(16-20-12-6-7-14-23-20)21-13-8-11-19(15-21)22(25)18-9-4-3-5-10-18/h3-5,7-15,17,22-23,25H,6,16H2,1-2H3. The molecule has 0 saturated carbocycles. The van der Waals surface area contributed by atoms with E-state index in [1.54, 1.807) is 0 Å². The molecular weight excluding hydrogens is 308 g/mol. The first-order valence-corrected chi connectivity index (χ1v) is 8.85. The molecule has 1 aliphatic heterocycles. The third-order valence-corrected chi connectivity index (χ3v) is 4.48. The van der Waals surface area contributed by atoms with E-state index in [0.29, 0.717) is 6.04 Å². The Morgan fingerprint density at radius 2 is 1.80 bits per heavy atom. The van der Waals surface area contributed by atoms with Gasteiger partial charge in [0, 0.05) is 17.4 Å². The van der Waals surface area contributed by atoms with E-state index in [4.69, 9.17) is 0 Å². The van der Waals surface area contributed by atoms with Gasteiger partial charge in [-0.25, -0.2) is 0 Å². The molecule has 0 amide bonds. The van der Waals surface area contributed by atoms with Gasteiger partial charge < -0.3 is 15.3 Å². The molecule has 3 rings (SSSR count). The van der Waals surface area contributed by atoms with Crippen molar-refractivity contribution < 1.29 is 5.11 Å². The molecule has 1 aliphatic rings. The molecule has 0 fully saturated rings. The molecule has 0 spiro atoms. The van der Waals surface area contributed by atoms with Crippen LogP contribution >= 0.6 is 0 Å². The van der Waals surface area contributed by atoms with Crippen LogP contribution in [0.1, 0.15) is 37.5 Å². The number of aliphatic hydroxyl groups excluding tert-OH is 1. The number of anilines is 1. The van der Waals surface area contributed by atoms with Crippen molar-refractivity contribution in [3.63, 3.8) is 0 Å². The Morgan fingerprint density at radius 3 is 2.48 bits per heavy atom. The lowest BCUT2D eigenvalue weighted by Gasteiger charge is -2.31. The molecule has 2 aromatic rings. The average molecular weight is 334 g/mol. The van der Waals surface area contributed by atoms with Crippen LogP contribution in [-0.2, 0) is 0 Å². The number of nitrogens with one attached hydrogen (secondary N) is 1. The summed E-state index contributed by atoms with van der Waals surface area (Å²) < 4.78 is 0. The first-order valence-electron chi connectivity index (χ1n) is 8.85. The number of benzene rings is 2. The van der Waals surface area contributed by atoms with Crippen molar-refractivity contribution >= 4 is 5.69 Å². The Morgan fingerprint density at radius 1 is 1.04 bits per heavy atom. The van der Waals surface area contributed by atoms with Crippen LogP contribution in [0.4, 0.5) is 5.69 Å². The van der Waals surface area contributed by atoms with Crippen molar-refractivity contribution in [1.29, 1.82) is 0 Å². The number of allylic oxidation sites excluding steroid dienone is 2. The van der Waals surface area contributed by atoms with Crippen LogP contribution in [0.2, 0.25) is 0 Å². The average Bonchev–Trinajstić information content (AvgIpc) is 2.67. The van der Waals surface area contributed by atoms with Crippen LogP contribution in [0, 0.1) is 0 Å². The first kappa shape index (κ1) is 17.3. The molecule has 3 nitrogen and oxygen atoms in total. The monoisotopic (exact) mass is 334 g/mol. The van der Waals surface area contributed by atoms with E-state index in [9.17, 15) is 5.11 Å².